The Bertz CT molecular complexity index is 431. The van der Waals surface area contributed by atoms with Crippen molar-refractivity contribution in [2.45, 2.75) is 43.4 Å². The second-order valence-electron chi connectivity index (χ2n) is 4.52. The number of nitrogens with zero attached hydrogens (tertiary/aromatic N) is 3. The third kappa shape index (κ3) is 3.23. The molecule has 7 heteroatoms. The van der Waals surface area contributed by atoms with Gasteiger partial charge < -0.3 is 5.11 Å². The number of hydrogen-bond donors (Lipinski definition) is 1. The lowest BCUT2D eigenvalue weighted by Crippen LogP contribution is -2.03. The topological polar surface area (TPSA) is 81.2 Å². The molecule has 0 saturated heterocycles. The number of aryl methyl sites for hydroxylation is 1. The van der Waals surface area contributed by atoms with Gasteiger partial charge in [0.05, 0.1) is 4.92 Å². The number of hydrogen-bond acceptors (Lipinski definition) is 5. The number of aromatic nitrogens is 2. The van der Waals surface area contributed by atoms with E-state index in [4.69, 9.17) is 5.11 Å². The maximum absolute atomic E-state index is 11.2. The predicted molar refractivity (Wildman–Crippen MR) is 71.0 cm³/mol. The lowest BCUT2D eigenvalue weighted by Gasteiger charge is -2.08. The van der Waals surface area contributed by atoms with Crippen molar-refractivity contribution in [3.63, 3.8) is 0 Å². The molecular weight excluding hydrogens is 254 g/mol. The van der Waals surface area contributed by atoms with Crippen LogP contribution in [0.1, 0.15) is 38.8 Å². The molecule has 0 radical (unpaired) electrons. The van der Waals surface area contributed by atoms with Crippen LogP contribution in [0, 0.1) is 10.1 Å². The highest BCUT2D eigenvalue weighted by Gasteiger charge is 2.29. The maximum Gasteiger partial charge on any atom is 0.324 e. The summed E-state index contributed by atoms with van der Waals surface area (Å²) in [5, 5.41) is 25.0. The second kappa shape index (κ2) is 6.19. The van der Waals surface area contributed by atoms with Gasteiger partial charge in [-0.25, -0.2) is 0 Å². The first-order chi connectivity index (χ1) is 8.38. The fraction of sp³-hybridized carbons (Fsp3) is 0.727. The highest BCUT2D eigenvalue weighted by Crippen LogP contribution is 2.37. The number of aliphatic hydroxyl groups excluding tert-OH is 1. The minimum atomic E-state index is -0.365. The lowest BCUT2D eigenvalue weighted by molar-refractivity contribution is -0.388. The summed E-state index contributed by atoms with van der Waals surface area (Å²) < 4.78 is 1.56. The average Bonchev–Trinajstić information content (AvgIpc) is 2.57. The normalized spacial score (nSPS) is 13.0. The van der Waals surface area contributed by atoms with E-state index in [0.717, 1.165) is 0 Å². The lowest BCUT2D eigenvalue weighted by atomic mass is 10.1. The Morgan fingerprint density at radius 1 is 1.50 bits per heavy atom. The molecule has 1 unspecified atom stereocenters. The van der Waals surface area contributed by atoms with E-state index in [1.165, 1.54) is 11.8 Å². The Kier molecular flexibility index (Phi) is 5.15. The van der Waals surface area contributed by atoms with Gasteiger partial charge in [-0.2, -0.15) is 5.10 Å². The molecule has 1 aromatic heterocycles. The SMILES string of the molecule is CC(CCO)Sc1c([N+](=O)[O-])c(C(C)C)nn1C. The molecule has 1 aromatic rings. The molecule has 18 heavy (non-hydrogen) atoms. The Morgan fingerprint density at radius 2 is 2.11 bits per heavy atom. The van der Waals surface area contributed by atoms with Gasteiger partial charge in [-0.05, 0) is 6.42 Å². The Hall–Kier alpha value is -1.08. The maximum atomic E-state index is 11.2. The van der Waals surface area contributed by atoms with Crippen molar-refractivity contribution in [3.05, 3.63) is 15.8 Å². The van der Waals surface area contributed by atoms with Crippen LogP contribution < -0.4 is 0 Å². The predicted octanol–water partition coefficient (Wildman–Crippen LogP) is 2.31. The van der Waals surface area contributed by atoms with Crippen molar-refractivity contribution >= 4 is 17.4 Å². The summed E-state index contributed by atoms with van der Waals surface area (Å²) in [6, 6.07) is 0. The summed E-state index contributed by atoms with van der Waals surface area (Å²) in [6.45, 7) is 5.80. The molecule has 102 valence electrons. The summed E-state index contributed by atoms with van der Waals surface area (Å²) in [6.07, 6.45) is 0.601. The molecule has 1 atom stereocenters. The first-order valence-corrected chi connectivity index (χ1v) is 6.75. The van der Waals surface area contributed by atoms with Crippen LogP contribution in [-0.2, 0) is 7.05 Å². The van der Waals surface area contributed by atoms with Gasteiger partial charge in [0.1, 0.15) is 5.69 Å². The molecular formula is C11H19N3O3S. The molecule has 0 amide bonds. The molecule has 0 aliphatic carbocycles. The molecule has 1 N–H and O–H groups in total. The first-order valence-electron chi connectivity index (χ1n) is 5.87. The third-order valence-corrected chi connectivity index (χ3v) is 3.89. The Morgan fingerprint density at radius 3 is 2.56 bits per heavy atom. The molecule has 0 aliphatic rings. The minimum Gasteiger partial charge on any atom is -0.396 e. The third-order valence-electron chi connectivity index (χ3n) is 2.57. The van der Waals surface area contributed by atoms with E-state index in [2.05, 4.69) is 5.10 Å². The summed E-state index contributed by atoms with van der Waals surface area (Å²) >= 11 is 1.39. The Balaban J connectivity index is 3.13. The largest absolute Gasteiger partial charge is 0.396 e. The van der Waals surface area contributed by atoms with Gasteiger partial charge in [-0.15, -0.1) is 0 Å². The van der Waals surface area contributed by atoms with Crippen LogP contribution in [0.4, 0.5) is 5.69 Å². The summed E-state index contributed by atoms with van der Waals surface area (Å²) in [5.74, 6) is 0.0131. The zero-order valence-electron chi connectivity index (χ0n) is 11.1. The van der Waals surface area contributed by atoms with Crippen molar-refractivity contribution in [1.82, 2.24) is 9.78 Å². The summed E-state index contributed by atoms with van der Waals surface area (Å²) in [5.41, 5.74) is 0.614. The van der Waals surface area contributed by atoms with Crippen LogP contribution >= 0.6 is 11.8 Å². The van der Waals surface area contributed by atoms with Gasteiger partial charge in [-0.3, -0.25) is 14.8 Å². The quantitative estimate of drug-likeness (QED) is 0.488. The van der Waals surface area contributed by atoms with Gasteiger partial charge in [0.2, 0.25) is 0 Å². The molecule has 1 heterocycles. The fourth-order valence-corrected chi connectivity index (χ4v) is 2.73. The average molecular weight is 273 g/mol. The van der Waals surface area contributed by atoms with E-state index in [0.29, 0.717) is 17.1 Å². The monoisotopic (exact) mass is 273 g/mol. The van der Waals surface area contributed by atoms with Gasteiger partial charge >= 0.3 is 5.69 Å². The molecule has 0 bridgehead atoms. The smallest absolute Gasteiger partial charge is 0.324 e. The van der Waals surface area contributed by atoms with Crippen molar-refractivity contribution in [3.8, 4) is 0 Å². The number of nitro groups is 1. The van der Waals surface area contributed by atoms with E-state index in [1.54, 1.807) is 11.7 Å². The molecule has 0 spiro atoms. The molecule has 0 saturated carbocycles. The van der Waals surface area contributed by atoms with E-state index in [9.17, 15) is 10.1 Å². The summed E-state index contributed by atoms with van der Waals surface area (Å²) in [4.78, 5) is 10.8. The highest BCUT2D eigenvalue weighted by molar-refractivity contribution is 8.00. The standard InChI is InChI=1S/C11H19N3O3S/c1-7(2)9-10(14(16)17)11(13(4)12-9)18-8(3)5-6-15/h7-8,15H,5-6H2,1-4H3. The fourth-order valence-electron chi connectivity index (χ4n) is 1.64. The van der Waals surface area contributed by atoms with Crippen LogP contribution in [-0.4, -0.2) is 31.7 Å². The van der Waals surface area contributed by atoms with Crippen LogP contribution in [0.2, 0.25) is 0 Å². The highest BCUT2D eigenvalue weighted by atomic mass is 32.2. The van der Waals surface area contributed by atoms with Crippen LogP contribution in [0.3, 0.4) is 0 Å². The molecule has 0 aliphatic heterocycles. The van der Waals surface area contributed by atoms with Crippen molar-refractivity contribution in [1.29, 1.82) is 0 Å². The van der Waals surface area contributed by atoms with Crippen LogP contribution in [0.15, 0.2) is 5.03 Å². The van der Waals surface area contributed by atoms with E-state index >= 15 is 0 Å². The molecule has 0 aromatic carbocycles. The number of thioether (sulfide) groups is 1. The molecule has 6 nitrogen and oxygen atoms in total. The van der Waals surface area contributed by atoms with E-state index < -0.39 is 0 Å². The first kappa shape index (κ1) is 15.0. The number of aliphatic hydroxyl groups is 1. The molecule has 1 rings (SSSR count). The Labute approximate surface area is 111 Å². The zero-order valence-corrected chi connectivity index (χ0v) is 11.9. The van der Waals surface area contributed by atoms with E-state index in [-0.39, 0.29) is 28.4 Å². The van der Waals surface area contributed by atoms with Gasteiger partial charge in [-0.1, -0.05) is 32.5 Å². The van der Waals surface area contributed by atoms with Crippen molar-refractivity contribution in [2.75, 3.05) is 6.61 Å². The van der Waals surface area contributed by atoms with Crippen LogP contribution in [0.5, 0.6) is 0 Å². The summed E-state index contributed by atoms with van der Waals surface area (Å²) in [7, 11) is 1.72. The minimum absolute atomic E-state index is 0.0131. The molecule has 0 fully saturated rings. The van der Waals surface area contributed by atoms with Crippen LogP contribution in [0.25, 0.3) is 0 Å². The van der Waals surface area contributed by atoms with Gasteiger partial charge in [0.25, 0.3) is 0 Å². The van der Waals surface area contributed by atoms with E-state index in [1.807, 2.05) is 20.8 Å². The van der Waals surface area contributed by atoms with Gasteiger partial charge in [0, 0.05) is 24.8 Å². The second-order valence-corrected chi connectivity index (χ2v) is 5.94. The van der Waals surface area contributed by atoms with Crippen molar-refractivity contribution in [2.24, 2.45) is 7.05 Å². The zero-order chi connectivity index (χ0) is 13.9. The van der Waals surface area contributed by atoms with Crippen molar-refractivity contribution < 1.29 is 10.0 Å². The van der Waals surface area contributed by atoms with Gasteiger partial charge in [0.15, 0.2) is 5.03 Å². The number of rotatable bonds is 6.